The molecule has 1 saturated heterocycles. The number of halogens is 2. The number of amides is 2. The molecule has 0 unspecified atom stereocenters. The van der Waals surface area contributed by atoms with Crippen LogP contribution in [0.2, 0.25) is 10.0 Å². The molecule has 116 valence electrons. The summed E-state index contributed by atoms with van der Waals surface area (Å²) >= 11 is 12.0. The molecular weight excluding hydrogens is 311 g/mol. The minimum Gasteiger partial charge on any atom is -0.396 e. The second-order valence-corrected chi connectivity index (χ2v) is 6.32. The van der Waals surface area contributed by atoms with Crippen LogP contribution in [0.4, 0.5) is 4.79 Å². The maximum absolute atomic E-state index is 12.3. The summed E-state index contributed by atoms with van der Waals surface area (Å²) < 4.78 is 0. The third kappa shape index (κ3) is 4.25. The first kappa shape index (κ1) is 16.4. The highest BCUT2D eigenvalue weighted by Gasteiger charge is 2.24. The molecule has 2 amide bonds. The zero-order valence-electron chi connectivity index (χ0n) is 12.0. The number of carbonyl (C=O) groups is 1. The lowest BCUT2D eigenvalue weighted by molar-refractivity contribution is 0.128. The molecule has 1 aromatic carbocycles. The number of aliphatic hydroxyl groups excluding tert-OH is 1. The fourth-order valence-corrected chi connectivity index (χ4v) is 3.18. The normalized spacial score (nSPS) is 20.2. The summed E-state index contributed by atoms with van der Waals surface area (Å²) in [5, 5.41) is 13.3. The van der Waals surface area contributed by atoms with Crippen molar-refractivity contribution in [1.29, 1.82) is 0 Å². The lowest BCUT2D eigenvalue weighted by atomic mass is 9.99. The number of hydrogen-bond acceptors (Lipinski definition) is 2. The molecule has 4 nitrogen and oxygen atoms in total. The first-order valence-corrected chi connectivity index (χ1v) is 7.88. The summed E-state index contributed by atoms with van der Waals surface area (Å²) in [6.07, 6.45) is 1.90. The third-order valence-corrected chi connectivity index (χ3v) is 4.40. The number of benzene rings is 1. The maximum Gasteiger partial charge on any atom is 0.317 e. The van der Waals surface area contributed by atoms with Gasteiger partial charge in [0.15, 0.2) is 0 Å². The predicted octanol–water partition coefficient (Wildman–Crippen LogP) is 3.47. The second kappa shape index (κ2) is 7.34. The summed E-state index contributed by atoms with van der Waals surface area (Å²) in [7, 11) is 0. The Hall–Kier alpha value is -0.970. The molecule has 0 aliphatic carbocycles. The molecule has 2 atom stereocenters. The molecule has 1 aliphatic rings. The van der Waals surface area contributed by atoms with Gasteiger partial charge in [-0.05, 0) is 43.4 Å². The number of carbonyl (C=O) groups excluding carboxylic acids is 1. The van der Waals surface area contributed by atoms with Crippen molar-refractivity contribution in [3.05, 3.63) is 33.8 Å². The number of likely N-dealkylation sites (tertiary alicyclic amines) is 1. The Bertz CT molecular complexity index is 510. The Kier molecular flexibility index (Phi) is 5.73. The van der Waals surface area contributed by atoms with Gasteiger partial charge in [-0.1, -0.05) is 29.3 Å². The van der Waals surface area contributed by atoms with Crippen molar-refractivity contribution in [2.24, 2.45) is 5.92 Å². The van der Waals surface area contributed by atoms with Crippen LogP contribution in [0.1, 0.15) is 31.4 Å². The van der Waals surface area contributed by atoms with Crippen LogP contribution in [0.3, 0.4) is 0 Å². The summed E-state index contributed by atoms with van der Waals surface area (Å²) in [6, 6.07) is 4.93. The topological polar surface area (TPSA) is 52.6 Å². The molecule has 1 fully saturated rings. The maximum atomic E-state index is 12.3. The monoisotopic (exact) mass is 330 g/mol. The van der Waals surface area contributed by atoms with Crippen molar-refractivity contribution >= 4 is 29.2 Å². The van der Waals surface area contributed by atoms with Crippen molar-refractivity contribution in [2.75, 3.05) is 19.7 Å². The van der Waals surface area contributed by atoms with Gasteiger partial charge in [0, 0.05) is 29.7 Å². The molecule has 0 spiro atoms. The van der Waals surface area contributed by atoms with E-state index < -0.39 is 0 Å². The van der Waals surface area contributed by atoms with Gasteiger partial charge in [-0.15, -0.1) is 0 Å². The molecule has 6 heteroatoms. The third-order valence-electron chi connectivity index (χ3n) is 3.83. The van der Waals surface area contributed by atoms with E-state index in [0.29, 0.717) is 16.6 Å². The summed E-state index contributed by atoms with van der Waals surface area (Å²) in [5.41, 5.74) is 0.838. The van der Waals surface area contributed by atoms with Crippen LogP contribution in [0, 0.1) is 5.92 Å². The molecule has 0 bridgehead atoms. The molecule has 1 aliphatic heterocycles. The van der Waals surface area contributed by atoms with Crippen LogP contribution in [-0.4, -0.2) is 35.7 Å². The van der Waals surface area contributed by atoms with E-state index in [0.717, 1.165) is 24.9 Å². The van der Waals surface area contributed by atoms with Gasteiger partial charge in [0.1, 0.15) is 0 Å². The van der Waals surface area contributed by atoms with Crippen LogP contribution in [0.25, 0.3) is 0 Å². The number of aliphatic hydroxyl groups is 1. The molecular formula is C15H20Cl2N2O2. The van der Waals surface area contributed by atoms with Crippen LogP contribution in [-0.2, 0) is 0 Å². The number of nitrogens with one attached hydrogen (secondary N) is 1. The van der Waals surface area contributed by atoms with Crippen molar-refractivity contribution in [1.82, 2.24) is 10.2 Å². The molecule has 1 aromatic rings. The Morgan fingerprint density at radius 2 is 2.29 bits per heavy atom. The van der Waals surface area contributed by atoms with E-state index in [9.17, 15) is 9.90 Å². The van der Waals surface area contributed by atoms with Crippen LogP contribution < -0.4 is 5.32 Å². The van der Waals surface area contributed by atoms with Gasteiger partial charge in [-0.3, -0.25) is 0 Å². The SMILES string of the molecule is C[C@H](NC(=O)N1CCC[C@@H](CO)C1)c1ccc(Cl)cc1Cl. The zero-order chi connectivity index (χ0) is 15.4. The highest BCUT2D eigenvalue weighted by molar-refractivity contribution is 6.35. The zero-order valence-corrected chi connectivity index (χ0v) is 13.5. The van der Waals surface area contributed by atoms with Crippen molar-refractivity contribution in [3.63, 3.8) is 0 Å². The Morgan fingerprint density at radius 3 is 2.95 bits per heavy atom. The number of nitrogens with zero attached hydrogens (tertiary/aromatic N) is 1. The van der Waals surface area contributed by atoms with E-state index in [1.807, 2.05) is 13.0 Å². The van der Waals surface area contributed by atoms with Crippen LogP contribution >= 0.6 is 23.2 Å². The Morgan fingerprint density at radius 1 is 1.52 bits per heavy atom. The molecule has 0 saturated carbocycles. The smallest absolute Gasteiger partial charge is 0.317 e. The fourth-order valence-electron chi connectivity index (χ4n) is 2.61. The minimum atomic E-state index is -0.197. The summed E-state index contributed by atoms with van der Waals surface area (Å²) in [6.45, 7) is 3.34. The van der Waals surface area contributed by atoms with E-state index in [4.69, 9.17) is 23.2 Å². The number of rotatable bonds is 3. The molecule has 2 N–H and O–H groups in total. The lowest BCUT2D eigenvalue weighted by Gasteiger charge is -2.32. The molecule has 0 aromatic heterocycles. The van der Waals surface area contributed by atoms with Crippen molar-refractivity contribution in [3.8, 4) is 0 Å². The lowest BCUT2D eigenvalue weighted by Crippen LogP contribution is -2.46. The average molecular weight is 331 g/mol. The number of hydrogen-bond donors (Lipinski definition) is 2. The van der Waals surface area contributed by atoms with E-state index >= 15 is 0 Å². The molecule has 1 heterocycles. The van der Waals surface area contributed by atoms with Gasteiger partial charge in [-0.25, -0.2) is 4.79 Å². The fraction of sp³-hybridized carbons (Fsp3) is 0.533. The number of piperidine rings is 1. The summed E-state index contributed by atoms with van der Waals surface area (Å²) in [4.78, 5) is 14.0. The quantitative estimate of drug-likeness (QED) is 0.891. The number of urea groups is 1. The minimum absolute atomic E-state index is 0.119. The Balaban J connectivity index is 1.98. The highest BCUT2D eigenvalue weighted by Crippen LogP contribution is 2.26. The van der Waals surface area contributed by atoms with Gasteiger partial charge < -0.3 is 15.3 Å². The van der Waals surface area contributed by atoms with E-state index in [1.165, 1.54) is 0 Å². The van der Waals surface area contributed by atoms with Crippen LogP contribution in [0.5, 0.6) is 0 Å². The van der Waals surface area contributed by atoms with E-state index in [2.05, 4.69) is 5.32 Å². The standard InChI is InChI=1S/C15H20Cl2N2O2/c1-10(13-5-4-12(16)7-14(13)17)18-15(21)19-6-2-3-11(8-19)9-20/h4-5,7,10-11,20H,2-3,6,8-9H2,1H3,(H,18,21)/t10-,11+/m0/s1. The van der Waals surface area contributed by atoms with Gasteiger partial charge in [0.2, 0.25) is 0 Å². The first-order valence-electron chi connectivity index (χ1n) is 7.12. The average Bonchev–Trinajstić information content (AvgIpc) is 2.47. The van der Waals surface area contributed by atoms with Gasteiger partial charge in [-0.2, -0.15) is 0 Å². The van der Waals surface area contributed by atoms with Gasteiger partial charge in [0.25, 0.3) is 0 Å². The Labute approximate surface area is 135 Å². The van der Waals surface area contributed by atoms with Crippen molar-refractivity contribution < 1.29 is 9.90 Å². The van der Waals surface area contributed by atoms with Crippen molar-refractivity contribution in [2.45, 2.75) is 25.8 Å². The predicted molar refractivity (Wildman–Crippen MR) is 84.8 cm³/mol. The molecule has 0 radical (unpaired) electrons. The van der Waals surface area contributed by atoms with Gasteiger partial charge >= 0.3 is 6.03 Å². The van der Waals surface area contributed by atoms with E-state index in [-0.39, 0.29) is 24.6 Å². The van der Waals surface area contributed by atoms with Crippen LogP contribution in [0.15, 0.2) is 18.2 Å². The van der Waals surface area contributed by atoms with E-state index in [1.54, 1.807) is 17.0 Å². The summed E-state index contributed by atoms with van der Waals surface area (Å²) in [5.74, 6) is 0.180. The second-order valence-electron chi connectivity index (χ2n) is 5.47. The molecule has 2 rings (SSSR count). The molecule has 21 heavy (non-hydrogen) atoms. The first-order chi connectivity index (χ1) is 10.0. The highest BCUT2D eigenvalue weighted by atomic mass is 35.5. The van der Waals surface area contributed by atoms with Gasteiger partial charge in [0.05, 0.1) is 6.04 Å². The largest absolute Gasteiger partial charge is 0.396 e.